The van der Waals surface area contributed by atoms with Gasteiger partial charge in [0.05, 0.1) is 17.8 Å². The summed E-state index contributed by atoms with van der Waals surface area (Å²) in [6.07, 6.45) is 1.32. The summed E-state index contributed by atoms with van der Waals surface area (Å²) in [6.45, 7) is -0.273. The number of nitrogens with two attached hydrogens (primary N) is 1. The van der Waals surface area contributed by atoms with Crippen molar-refractivity contribution in [1.29, 1.82) is 0 Å². The second-order valence-electron chi connectivity index (χ2n) is 7.34. The van der Waals surface area contributed by atoms with Gasteiger partial charge in [-0.25, -0.2) is 4.79 Å². The molecule has 158 valence electrons. The van der Waals surface area contributed by atoms with Crippen molar-refractivity contribution in [2.24, 2.45) is 0 Å². The zero-order valence-corrected chi connectivity index (χ0v) is 17.3. The van der Waals surface area contributed by atoms with Crippen LogP contribution >= 0.6 is 12.6 Å². The van der Waals surface area contributed by atoms with Crippen molar-refractivity contribution < 1.29 is 19.5 Å². The first-order valence-electron chi connectivity index (χ1n) is 9.76. The van der Waals surface area contributed by atoms with Crippen LogP contribution in [0, 0.1) is 0 Å². The van der Waals surface area contributed by atoms with E-state index in [1.165, 1.54) is 4.90 Å². The third kappa shape index (κ3) is 5.13. The third-order valence-corrected chi connectivity index (χ3v) is 5.68. The van der Waals surface area contributed by atoms with Crippen LogP contribution in [-0.2, 0) is 20.8 Å². The molecule has 1 fully saturated rings. The van der Waals surface area contributed by atoms with Crippen LogP contribution in [0.5, 0.6) is 0 Å². The molecule has 0 unspecified atom stereocenters. The van der Waals surface area contributed by atoms with Crippen molar-refractivity contribution >= 4 is 36.1 Å². The SMILES string of the molecule is Nc1ccc(C[C@H](S)C(=O)NCC(=O)N2[C@@H](c3ccccc3)CC[C@H]2C(=O)O)cc1. The van der Waals surface area contributed by atoms with Gasteiger partial charge < -0.3 is 21.1 Å². The van der Waals surface area contributed by atoms with Gasteiger partial charge in [-0.05, 0) is 42.5 Å². The number of carbonyl (C=O) groups excluding carboxylic acids is 2. The largest absolute Gasteiger partial charge is 0.480 e. The van der Waals surface area contributed by atoms with Crippen LogP contribution in [0.3, 0.4) is 0 Å². The minimum Gasteiger partial charge on any atom is -0.480 e. The highest BCUT2D eigenvalue weighted by molar-refractivity contribution is 7.81. The molecule has 0 radical (unpaired) electrons. The van der Waals surface area contributed by atoms with Crippen LogP contribution < -0.4 is 11.1 Å². The highest BCUT2D eigenvalue weighted by Crippen LogP contribution is 2.36. The number of hydrogen-bond acceptors (Lipinski definition) is 5. The number of anilines is 1. The Morgan fingerprint density at radius 1 is 1.10 bits per heavy atom. The van der Waals surface area contributed by atoms with E-state index in [2.05, 4.69) is 17.9 Å². The molecule has 0 saturated carbocycles. The van der Waals surface area contributed by atoms with E-state index in [1.54, 1.807) is 12.1 Å². The fraction of sp³-hybridized carbons (Fsp3) is 0.318. The Balaban J connectivity index is 1.62. The lowest BCUT2D eigenvalue weighted by molar-refractivity contribution is -0.149. The maximum Gasteiger partial charge on any atom is 0.326 e. The number of carboxylic acids is 1. The summed E-state index contributed by atoms with van der Waals surface area (Å²) in [5.41, 5.74) is 8.09. The van der Waals surface area contributed by atoms with E-state index in [-0.39, 0.29) is 18.5 Å². The number of amides is 2. The van der Waals surface area contributed by atoms with E-state index in [9.17, 15) is 19.5 Å². The second-order valence-corrected chi connectivity index (χ2v) is 7.96. The van der Waals surface area contributed by atoms with Crippen molar-refractivity contribution in [3.8, 4) is 0 Å². The van der Waals surface area contributed by atoms with E-state index in [0.717, 1.165) is 11.1 Å². The lowest BCUT2D eigenvalue weighted by Gasteiger charge is -2.29. The van der Waals surface area contributed by atoms with Gasteiger partial charge in [-0.1, -0.05) is 42.5 Å². The molecule has 8 heteroatoms. The number of thiol groups is 1. The van der Waals surface area contributed by atoms with E-state index in [1.807, 2.05) is 42.5 Å². The van der Waals surface area contributed by atoms with Crippen molar-refractivity contribution in [3.63, 3.8) is 0 Å². The monoisotopic (exact) mass is 427 g/mol. The summed E-state index contributed by atoms with van der Waals surface area (Å²) in [5.74, 6) is -1.84. The predicted octanol–water partition coefficient (Wildman–Crippen LogP) is 2.04. The summed E-state index contributed by atoms with van der Waals surface area (Å²) in [5, 5.41) is 11.5. The Bertz CT molecular complexity index is 904. The molecule has 0 bridgehead atoms. The van der Waals surface area contributed by atoms with Crippen LogP contribution in [-0.4, -0.2) is 45.6 Å². The Kier molecular flexibility index (Phi) is 6.99. The standard InChI is InChI=1S/C22H25N3O4S/c23-16-8-6-14(7-9-16)12-19(30)21(27)24-13-20(26)25-17(10-11-18(25)22(28)29)15-4-2-1-3-5-15/h1-9,17-19,30H,10-13,23H2,(H,24,27)(H,28,29)/t17-,18+,19+/m1/s1. The molecule has 2 aromatic carbocycles. The maximum atomic E-state index is 12.9. The first-order valence-corrected chi connectivity index (χ1v) is 10.3. The van der Waals surface area contributed by atoms with Gasteiger partial charge in [0.25, 0.3) is 0 Å². The fourth-order valence-electron chi connectivity index (χ4n) is 3.75. The maximum absolute atomic E-state index is 12.9. The number of nitrogens with one attached hydrogen (secondary N) is 1. The van der Waals surface area contributed by atoms with Gasteiger partial charge in [-0.15, -0.1) is 0 Å². The lowest BCUT2D eigenvalue weighted by Crippen LogP contribution is -2.47. The number of likely N-dealkylation sites (tertiary alicyclic amines) is 1. The number of nitrogen functional groups attached to an aromatic ring is 1. The summed E-state index contributed by atoms with van der Waals surface area (Å²) in [4.78, 5) is 38.3. The topological polar surface area (TPSA) is 113 Å². The quantitative estimate of drug-likeness (QED) is 0.399. The zero-order valence-electron chi connectivity index (χ0n) is 16.4. The van der Waals surface area contributed by atoms with Crippen LogP contribution in [0.25, 0.3) is 0 Å². The molecule has 2 amide bonds. The second kappa shape index (κ2) is 9.67. The Morgan fingerprint density at radius 2 is 1.77 bits per heavy atom. The first kappa shape index (κ1) is 21.7. The molecular formula is C22H25N3O4S. The van der Waals surface area contributed by atoms with Crippen molar-refractivity contribution in [3.05, 3.63) is 65.7 Å². The molecule has 3 atom stereocenters. The number of benzene rings is 2. The Labute approximate surface area is 180 Å². The minimum atomic E-state index is -1.04. The molecule has 0 aromatic heterocycles. The van der Waals surface area contributed by atoms with Crippen LogP contribution in [0.4, 0.5) is 5.69 Å². The molecule has 2 aromatic rings. The van der Waals surface area contributed by atoms with E-state index in [0.29, 0.717) is 24.9 Å². The molecule has 1 saturated heterocycles. The molecule has 4 N–H and O–H groups in total. The minimum absolute atomic E-state index is 0.273. The van der Waals surface area contributed by atoms with Gasteiger partial charge in [0.15, 0.2) is 0 Å². The summed E-state index contributed by atoms with van der Waals surface area (Å²) < 4.78 is 0. The van der Waals surface area contributed by atoms with Gasteiger partial charge in [-0.3, -0.25) is 9.59 Å². The number of nitrogens with zero attached hydrogens (tertiary/aromatic N) is 1. The normalized spacial score (nSPS) is 19.3. The van der Waals surface area contributed by atoms with E-state index in [4.69, 9.17) is 5.73 Å². The lowest BCUT2D eigenvalue weighted by atomic mass is 10.0. The Hall–Kier alpha value is -3.00. The average molecular weight is 428 g/mol. The molecule has 30 heavy (non-hydrogen) atoms. The van der Waals surface area contributed by atoms with Gasteiger partial charge >= 0.3 is 5.97 Å². The molecule has 7 nitrogen and oxygen atoms in total. The molecule has 0 spiro atoms. The van der Waals surface area contributed by atoms with Gasteiger partial charge in [0.2, 0.25) is 11.8 Å². The van der Waals surface area contributed by atoms with E-state index < -0.39 is 23.2 Å². The average Bonchev–Trinajstić information content (AvgIpc) is 3.19. The third-order valence-electron chi connectivity index (χ3n) is 5.27. The highest BCUT2D eigenvalue weighted by Gasteiger charge is 2.41. The number of hydrogen-bond donors (Lipinski definition) is 4. The van der Waals surface area contributed by atoms with Crippen molar-refractivity contribution in [1.82, 2.24) is 10.2 Å². The summed E-state index contributed by atoms with van der Waals surface area (Å²) in [6, 6.07) is 15.3. The molecule has 1 aliphatic rings. The van der Waals surface area contributed by atoms with Crippen molar-refractivity contribution in [2.45, 2.75) is 36.6 Å². The van der Waals surface area contributed by atoms with Crippen LogP contribution in [0.2, 0.25) is 0 Å². The Morgan fingerprint density at radius 3 is 2.40 bits per heavy atom. The fourth-order valence-corrected chi connectivity index (χ4v) is 4.05. The number of carbonyl (C=O) groups is 3. The smallest absolute Gasteiger partial charge is 0.326 e. The van der Waals surface area contributed by atoms with Crippen molar-refractivity contribution in [2.75, 3.05) is 12.3 Å². The molecule has 1 heterocycles. The van der Waals surface area contributed by atoms with Gasteiger partial charge in [0.1, 0.15) is 6.04 Å². The van der Waals surface area contributed by atoms with Crippen LogP contribution in [0.15, 0.2) is 54.6 Å². The van der Waals surface area contributed by atoms with Gasteiger partial charge in [0, 0.05) is 5.69 Å². The molecule has 1 aliphatic heterocycles. The number of rotatable bonds is 7. The number of carboxylic acid groups (broad SMARTS) is 1. The molecule has 0 aliphatic carbocycles. The number of aliphatic carboxylic acids is 1. The predicted molar refractivity (Wildman–Crippen MR) is 117 cm³/mol. The summed E-state index contributed by atoms with van der Waals surface area (Å²) >= 11 is 4.34. The zero-order chi connectivity index (χ0) is 21.7. The van der Waals surface area contributed by atoms with Gasteiger partial charge in [-0.2, -0.15) is 12.6 Å². The molecule has 3 rings (SSSR count). The highest BCUT2D eigenvalue weighted by atomic mass is 32.1. The molecular weight excluding hydrogens is 402 g/mol. The first-order chi connectivity index (χ1) is 14.4. The summed E-state index contributed by atoms with van der Waals surface area (Å²) in [7, 11) is 0. The van der Waals surface area contributed by atoms with E-state index >= 15 is 0 Å². The van der Waals surface area contributed by atoms with Crippen LogP contribution in [0.1, 0.15) is 30.0 Å².